The van der Waals surface area contributed by atoms with Crippen molar-refractivity contribution in [3.05, 3.63) is 64.7 Å². The van der Waals surface area contributed by atoms with E-state index in [4.69, 9.17) is 4.74 Å². The number of aryl methyl sites for hydroxylation is 1. The first kappa shape index (κ1) is 18.5. The van der Waals surface area contributed by atoms with E-state index in [1.54, 1.807) is 7.11 Å². The molecule has 1 saturated heterocycles. The van der Waals surface area contributed by atoms with Crippen LogP contribution in [0.15, 0.2) is 42.5 Å². The van der Waals surface area contributed by atoms with Gasteiger partial charge in [-0.2, -0.15) is 0 Å². The maximum Gasteiger partial charge on any atom is 0.251 e. The van der Waals surface area contributed by atoms with Crippen LogP contribution in [-0.2, 0) is 0 Å². The molecule has 0 aromatic heterocycles. The highest BCUT2D eigenvalue weighted by molar-refractivity contribution is 5.95. The van der Waals surface area contributed by atoms with Gasteiger partial charge in [0.2, 0.25) is 0 Å². The summed E-state index contributed by atoms with van der Waals surface area (Å²) in [5, 5.41) is 3.16. The van der Waals surface area contributed by atoms with Crippen molar-refractivity contribution < 1.29 is 9.53 Å². The van der Waals surface area contributed by atoms with Crippen molar-refractivity contribution >= 4 is 5.91 Å². The van der Waals surface area contributed by atoms with Crippen molar-refractivity contribution in [1.82, 2.24) is 10.2 Å². The second kappa shape index (κ2) is 8.37. The monoisotopic (exact) mass is 352 g/mol. The van der Waals surface area contributed by atoms with Crippen molar-refractivity contribution in [3.8, 4) is 5.75 Å². The fourth-order valence-corrected chi connectivity index (χ4v) is 3.62. The zero-order chi connectivity index (χ0) is 18.5. The Morgan fingerprint density at radius 3 is 2.46 bits per heavy atom. The molecule has 0 spiro atoms. The number of nitrogens with zero attached hydrogens (tertiary/aromatic N) is 1. The lowest BCUT2D eigenvalue weighted by Gasteiger charge is -2.28. The van der Waals surface area contributed by atoms with Gasteiger partial charge in [-0.15, -0.1) is 0 Å². The van der Waals surface area contributed by atoms with E-state index in [1.165, 1.54) is 18.4 Å². The average molecular weight is 352 g/mol. The van der Waals surface area contributed by atoms with Crippen LogP contribution in [0.1, 0.15) is 45.9 Å². The predicted molar refractivity (Wildman–Crippen MR) is 105 cm³/mol. The van der Waals surface area contributed by atoms with E-state index in [1.807, 2.05) is 44.2 Å². The second-order valence-corrected chi connectivity index (χ2v) is 6.99. The highest BCUT2D eigenvalue weighted by atomic mass is 16.5. The summed E-state index contributed by atoms with van der Waals surface area (Å²) in [4.78, 5) is 15.2. The lowest BCUT2D eigenvalue weighted by Crippen LogP contribution is -2.37. The molecule has 2 aromatic carbocycles. The zero-order valence-corrected chi connectivity index (χ0v) is 15.9. The largest absolute Gasteiger partial charge is 0.497 e. The predicted octanol–water partition coefficient (Wildman–Crippen LogP) is 3.88. The molecular weight excluding hydrogens is 324 g/mol. The summed E-state index contributed by atoms with van der Waals surface area (Å²) in [6, 6.07) is 14.3. The molecule has 0 radical (unpaired) electrons. The fourth-order valence-electron chi connectivity index (χ4n) is 3.62. The number of likely N-dealkylation sites (tertiary alicyclic amines) is 1. The lowest BCUT2D eigenvalue weighted by atomic mass is 10.0. The average Bonchev–Trinajstić information content (AvgIpc) is 3.19. The van der Waals surface area contributed by atoms with E-state index in [0.717, 1.165) is 35.5 Å². The van der Waals surface area contributed by atoms with Gasteiger partial charge in [-0.05, 0) is 74.7 Å². The number of carbonyl (C=O) groups excluding carboxylic acids is 1. The number of rotatable bonds is 6. The third kappa shape index (κ3) is 4.07. The molecule has 138 valence electrons. The Hall–Kier alpha value is -2.33. The summed E-state index contributed by atoms with van der Waals surface area (Å²) in [7, 11) is 1.68. The molecular formula is C22H28N2O2. The number of hydrogen-bond donors (Lipinski definition) is 1. The molecule has 4 heteroatoms. The third-order valence-electron chi connectivity index (χ3n) is 5.39. The Bertz CT molecular complexity index is 749. The normalized spacial score (nSPS) is 15.7. The molecule has 4 nitrogen and oxygen atoms in total. The van der Waals surface area contributed by atoms with Gasteiger partial charge in [0, 0.05) is 12.1 Å². The highest BCUT2D eigenvalue weighted by Gasteiger charge is 2.24. The first-order chi connectivity index (χ1) is 12.6. The smallest absolute Gasteiger partial charge is 0.251 e. The number of hydrogen-bond acceptors (Lipinski definition) is 3. The van der Waals surface area contributed by atoms with E-state index < -0.39 is 0 Å². The Labute approximate surface area is 156 Å². The maximum atomic E-state index is 12.7. The van der Waals surface area contributed by atoms with Crippen molar-refractivity contribution in [3.63, 3.8) is 0 Å². The van der Waals surface area contributed by atoms with Crippen molar-refractivity contribution in [2.75, 3.05) is 26.7 Å². The topological polar surface area (TPSA) is 41.6 Å². The number of amides is 1. The van der Waals surface area contributed by atoms with E-state index in [9.17, 15) is 4.79 Å². The minimum Gasteiger partial charge on any atom is -0.497 e. The van der Waals surface area contributed by atoms with Crippen molar-refractivity contribution in [2.45, 2.75) is 32.7 Å². The molecule has 2 aromatic rings. The summed E-state index contributed by atoms with van der Waals surface area (Å²) >= 11 is 0. The van der Waals surface area contributed by atoms with Gasteiger partial charge in [-0.1, -0.05) is 24.3 Å². The number of ether oxygens (including phenoxy) is 1. The molecule has 0 saturated carbocycles. The molecule has 1 heterocycles. The lowest BCUT2D eigenvalue weighted by molar-refractivity contribution is 0.0937. The SMILES string of the molecule is COc1ccc(C(CNC(=O)c2cccc(C)c2C)N2CCCC2)cc1. The molecule has 1 amide bonds. The van der Waals surface area contributed by atoms with Gasteiger partial charge in [0.15, 0.2) is 0 Å². The van der Waals surface area contributed by atoms with Crippen LogP contribution in [0.2, 0.25) is 0 Å². The van der Waals surface area contributed by atoms with Crippen LogP contribution in [0, 0.1) is 13.8 Å². The number of carbonyl (C=O) groups is 1. The van der Waals surface area contributed by atoms with Crippen LogP contribution in [0.5, 0.6) is 5.75 Å². The van der Waals surface area contributed by atoms with Gasteiger partial charge in [0.1, 0.15) is 5.75 Å². The summed E-state index contributed by atoms with van der Waals surface area (Å²) in [6.07, 6.45) is 2.44. The minimum atomic E-state index is 0.00362. The van der Waals surface area contributed by atoms with Gasteiger partial charge < -0.3 is 10.1 Å². The number of methoxy groups -OCH3 is 1. The van der Waals surface area contributed by atoms with E-state index in [0.29, 0.717) is 6.54 Å². The minimum absolute atomic E-state index is 0.00362. The zero-order valence-electron chi connectivity index (χ0n) is 15.9. The third-order valence-corrected chi connectivity index (χ3v) is 5.39. The molecule has 1 fully saturated rings. The van der Waals surface area contributed by atoms with Gasteiger partial charge >= 0.3 is 0 Å². The molecule has 1 atom stereocenters. The highest BCUT2D eigenvalue weighted by Crippen LogP contribution is 2.26. The molecule has 0 aliphatic carbocycles. The Morgan fingerprint density at radius 2 is 1.81 bits per heavy atom. The van der Waals surface area contributed by atoms with Crippen LogP contribution in [-0.4, -0.2) is 37.6 Å². The Kier molecular flexibility index (Phi) is 5.94. The Balaban J connectivity index is 1.75. The number of nitrogens with one attached hydrogen (secondary N) is 1. The second-order valence-electron chi connectivity index (χ2n) is 6.99. The summed E-state index contributed by atoms with van der Waals surface area (Å²) < 4.78 is 5.27. The fraction of sp³-hybridized carbons (Fsp3) is 0.409. The van der Waals surface area contributed by atoms with Crippen LogP contribution < -0.4 is 10.1 Å². The molecule has 1 unspecified atom stereocenters. The standard InChI is InChI=1S/C22H28N2O2/c1-16-7-6-8-20(17(16)2)22(25)23-15-21(24-13-4-5-14-24)18-9-11-19(26-3)12-10-18/h6-12,21H,4-5,13-15H2,1-3H3,(H,23,25). The molecule has 3 rings (SSSR count). The van der Waals surface area contributed by atoms with Crippen LogP contribution in [0.4, 0.5) is 0 Å². The first-order valence-corrected chi connectivity index (χ1v) is 9.32. The van der Waals surface area contributed by atoms with Gasteiger partial charge in [0.05, 0.1) is 13.2 Å². The van der Waals surface area contributed by atoms with Crippen LogP contribution in [0.25, 0.3) is 0 Å². The van der Waals surface area contributed by atoms with Crippen molar-refractivity contribution in [1.29, 1.82) is 0 Å². The van der Waals surface area contributed by atoms with Crippen LogP contribution in [0.3, 0.4) is 0 Å². The summed E-state index contributed by atoms with van der Waals surface area (Å²) in [6.45, 7) is 6.81. The number of benzene rings is 2. The van der Waals surface area contributed by atoms with Gasteiger partial charge in [0.25, 0.3) is 5.91 Å². The van der Waals surface area contributed by atoms with Gasteiger partial charge in [-0.25, -0.2) is 0 Å². The first-order valence-electron chi connectivity index (χ1n) is 9.32. The quantitative estimate of drug-likeness (QED) is 0.858. The molecule has 26 heavy (non-hydrogen) atoms. The Morgan fingerprint density at radius 1 is 1.12 bits per heavy atom. The van der Waals surface area contributed by atoms with E-state index in [2.05, 4.69) is 22.3 Å². The van der Waals surface area contributed by atoms with E-state index in [-0.39, 0.29) is 11.9 Å². The molecule has 1 N–H and O–H groups in total. The van der Waals surface area contributed by atoms with E-state index >= 15 is 0 Å². The molecule has 0 bridgehead atoms. The van der Waals surface area contributed by atoms with Gasteiger partial charge in [-0.3, -0.25) is 9.69 Å². The van der Waals surface area contributed by atoms with Crippen molar-refractivity contribution in [2.24, 2.45) is 0 Å². The molecule has 1 aliphatic heterocycles. The van der Waals surface area contributed by atoms with Crippen LogP contribution >= 0.6 is 0 Å². The summed E-state index contributed by atoms with van der Waals surface area (Å²) in [5.74, 6) is 0.859. The molecule has 1 aliphatic rings. The maximum absolute atomic E-state index is 12.7. The summed E-state index contributed by atoms with van der Waals surface area (Å²) in [5.41, 5.74) is 4.17.